The Morgan fingerprint density at radius 2 is 2.00 bits per heavy atom. The van der Waals surface area contributed by atoms with Gasteiger partial charge >= 0.3 is 0 Å². The van der Waals surface area contributed by atoms with Gasteiger partial charge in [0.25, 0.3) is 0 Å². The smallest absolute Gasteiger partial charge is 0.146 e. The molecule has 2 aliphatic rings. The normalized spacial score (nSPS) is 18.3. The number of rotatable bonds is 1. The van der Waals surface area contributed by atoms with E-state index in [1.54, 1.807) is 0 Å². The second-order valence-corrected chi connectivity index (χ2v) is 4.17. The predicted octanol–water partition coefficient (Wildman–Crippen LogP) is 2.92. The molecule has 15 heavy (non-hydrogen) atoms. The molecule has 0 saturated carbocycles. The van der Waals surface area contributed by atoms with E-state index in [0.29, 0.717) is 0 Å². The minimum absolute atomic E-state index is 0.899. The highest BCUT2D eigenvalue weighted by atomic mass is 16.1. The Morgan fingerprint density at radius 3 is 2.87 bits per heavy atom. The highest BCUT2D eigenvalue weighted by Gasteiger charge is 2.22. The van der Waals surface area contributed by atoms with Gasteiger partial charge in [-0.05, 0) is 47.1 Å². The minimum atomic E-state index is 0.899. The van der Waals surface area contributed by atoms with E-state index >= 15 is 0 Å². The number of benzene rings is 1. The third kappa shape index (κ3) is 1.27. The number of aldehydes is 1. The molecule has 1 heteroatoms. The lowest BCUT2D eigenvalue weighted by Gasteiger charge is -2.11. The molecule has 0 amide bonds. The van der Waals surface area contributed by atoms with Crippen LogP contribution in [-0.4, -0.2) is 6.29 Å². The number of hydrogen-bond acceptors (Lipinski definition) is 1. The van der Waals surface area contributed by atoms with Gasteiger partial charge in [-0.1, -0.05) is 30.3 Å². The Bertz CT molecular complexity index is 492. The summed E-state index contributed by atoms with van der Waals surface area (Å²) in [6, 6.07) is 8.55. The zero-order valence-corrected chi connectivity index (χ0v) is 8.49. The molecule has 0 saturated heterocycles. The van der Waals surface area contributed by atoms with Gasteiger partial charge in [0.1, 0.15) is 6.29 Å². The molecule has 0 spiro atoms. The monoisotopic (exact) mass is 196 g/mol. The molecule has 74 valence electrons. The van der Waals surface area contributed by atoms with Gasteiger partial charge < -0.3 is 0 Å². The fourth-order valence-corrected chi connectivity index (χ4v) is 2.55. The minimum Gasteiger partial charge on any atom is -0.298 e. The van der Waals surface area contributed by atoms with Gasteiger partial charge in [0.2, 0.25) is 0 Å². The maximum absolute atomic E-state index is 10.7. The van der Waals surface area contributed by atoms with Crippen molar-refractivity contribution in [2.75, 3.05) is 0 Å². The van der Waals surface area contributed by atoms with Crippen LogP contribution in [-0.2, 0) is 11.2 Å². The Morgan fingerprint density at radius 1 is 1.13 bits per heavy atom. The summed E-state index contributed by atoms with van der Waals surface area (Å²) in [5.74, 6) is 0. The standard InChI is InChI=1S/C14H12O/c15-9-10-5-6-14-12(7-10)8-11-3-1-2-4-13(11)14/h1-4,7,9H,5-6,8H2. The molecule has 0 N–H and O–H groups in total. The first kappa shape index (κ1) is 8.66. The Kier molecular flexibility index (Phi) is 1.84. The van der Waals surface area contributed by atoms with Gasteiger partial charge in [-0.2, -0.15) is 0 Å². The van der Waals surface area contributed by atoms with Crippen LogP contribution in [0.15, 0.2) is 41.5 Å². The molecule has 2 aliphatic carbocycles. The second kappa shape index (κ2) is 3.20. The first-order valence-corrected chi connectivity index (χ1v) is 5.34. The summed E-state index contributed by atoms with van der Waals surface area (Å²) < 4.78 is 0. The lowest BCUT2D eigenvalue weighted by atomic mass is 9.93. The zero-order chi connectivity index (χ0) is 10.3. The SMILES string of the molecule is O=CC1=CC2=C(CC1)c1ccccc1C2. The molecule has 0 aromatic heterocycles. The van der Waals surface area contributed by atoms with Gasteiger partial charge in [0.05, 0.1) is 0 Å². The molecule has 0 unspecified atom stereocenters. The molecular weight excluding hydrogens is 184 g/mol. The second-order valence-electron chi connectivity index (χ2n) is 4.17. The average Bonchev–Trinajstić information content (AvgIpc) is 2.66. The van der Waals surface area contributed by atoms with E-state index in [-0.39, 0.29) is 0 Å². The van der Waals surface area contributed by atoms with E-state index < -0.39 is 0 Å². The van der Waals surface area contributed by atoms with Crippen molar-refractivity contribution in [3.63, 3.8) is 0 Å². The summed E-state index contributed by atoms with van der Waals surface area (Å²) in [7, 11) is 0. The van der Waals surface area contributed by atoms with Crippen LogP contribution < -0.4 is 0 Å². The predicted molar refractivity (Wildman–Crippen MR) is 60.4 cm³/mol. The van der Waals surface area contributed by atoms with Crippen molar-refractivity contribution in [1.82, 2.24) is 0 Å². The van der Waals surface area contributed by atoms with Gasteiger partial charge in [0, 0.05) is 0 Å². The molecule has 0 atom stereocenters. The topological polar surface area (TPSA) is 17.1 Å². The van der Waals surface area contributed by atoms with Crippen LogP contribution >= 0.6 is 0 Å². The number of fused-ring (bicyclic) bond motifs is 2. The van der Waals surface area contributed by atoms with E-state index in [1.807, 2.05) is 0 Å². The van der Waals surface area contributed by atoms with Crippen molar-refractivity contribution in [2.24, 2.45) is 0 Å². The van der Waals surface area contributed by atoms with E-state index in [1.165, 1.54) is 22.3 Å². The fraction of sp³-hybridized carbons (Fsp3) is 0.214. The van der Waals surface area contributed by atoms with Crippen LogP contribution in [0, 0.1) is 0 Å². The van der Waals surface area contributed by atoms with Gasteiger partial charge in [-0.15, -0.1) is 0 Å². The number of hydrogen-bond donors (Lipinski definition) is 0. The van der Waals surface area contributed by atoms with Gasteiger partial charge in [-0.3, -0.25) is 4.79 Å². The third-order valence-corrected chi connectivity index (χ3v) is 3.29. The van der Waals surface area contributed by atoms with Crippen molar-refractivity contribution in [3.8, 4) is 0 Å². The summed E-state index contributed by atoms with van der Waals surface area (Å²) in [6.45, 7) is 0. The van der Waals surface area contributed by atoms with Crippen LogP contribution in [0.4, 0.5) is 0 Å². The van der Waals surface area contributed by atoms with Gasteiger partial charge in [0.15, 0.2) is 0 Å². The largest absolute Gasteiger partial charge is 0.298 e. The van der Waals surface area contributed by atoms with E-state index in [0.717, 1.165) is 31.1 Å². The third-order valence-electron chi connectivity index (χ3n) is 3.29. The maximum Gasteiger partial charge on any atom is 0.146 e. The Hall–Kier alpha value is -1.63. The van der Waals surface area contributed by atoms with Crippen molar-refractivity contribution >= 4 is 11.9 Å². The molecule has 1 aromatic rings. The molecule has 3 rings (SSSR count). The fourth-order valence-electron chi connectivity index (χ4n) is 2.55. The highest BCUT2D eigenvalue weighted by Crippen LogP contribution is 2.39. The molecule has 0 aliphatic heterocycles. The molecule has 1 aromatic carbocycles. The lowest BCUT2D eigenvalue weighted by Crippen LogP contribution is -1.96. The molecule has 0 fully saturated rings. The molecule has 0 bridgehead atoms. The quantitative estimate of drug-likeness (QED) is 0.631. The first-order chi connectivity index (χ1) is 7.38. The summed E-state index contributed by atoms with van der Waals surface area (Å²) in [6.07, 6.45) is 6.00. The van der Waals surface area contributed by atoms with Crippen molar-refractivity contribution in [1.29, 1.82) is 0 Å². The number of carbonyl (C=O) groups is 1. The zero-order valence-electron chi connectivity index (χ0n) is 8.49. The summed E-state index contributed by atoms with van der Waals surface area (Å²) in [5.41, 5.74) is 6.56. The van der Waals surface area contributed by atoms with Crippen molar-refractivity contribution in [2.45, 2.75) is 19.3 Å². The summed E-state index contributed by atoms with van der Waals surface area (Å²) in [5, 5.41) is 0. The average molecular weight is 196 g/mol. The number of allylic oxidation sites excluding steroid dienone is 4. The molecule has 1 nitrogen and oxygen atoms in total. The first-order valence-electron chi connectivity index (χ1n) is 5.34. The molecule has 0 radical (unpaired) electrons. The van der Waals surface area contributed by atoms with Gasteiger partial charge in [-0.25, -0.2) is 0 Å². The van der Waals surface area contributed by atoms with Crippen molar-refractivity contribution in [3.05, 3.63) is 52.6 Å². The number of carbonyl (C=O) groups excluding carboxylic acids is 1. The molecular formula is C14H12O. The molecule has 0 heterocycles. The van der Waals surface area contributed by atoms with Crippen molar-refractivity contribution < 1.29 is 4.79 Å². The Labute approximate surface area is 89.1 Å². The Balaban J connectivity index is 2.10. The highest BCUT2D eigenvalue weighted by molar-refractivity contribution is 5.85. The van der Waals surface area contributed by atoms with E-state index in [4.69, 9.17) is 0 Å². The van der Waals surface area contributed by atoms with Crippen LogP contribution in [0.1, 0.15) is 24.0 Å². The maximum atomic E-state index is 10.7. The summed E-state index contributed by atoms with van der Waals surface area (Å²) in [4.78, 5) is 10.7. The lowest BCUT2D eigenvalue weighted by molar-refractivity contribution is -0.105. The van der Waals surface area contributed by atoms with Crippen LogP contribution in [0.25, 0.3) is 5.57 Å². The van der Waals surface area contributed by atoms with E-state index in [2.05, 4.69) is 30.3 Å². The van der Waals surface area contributed by atoms with Crippen LogP contribution in [0.3, 0.4) is 0 Å². The van der Waals surface area contributed by atoms with Crippen LogP contribution in [0.2, 0.25) is 0 Å². The van der Waals surface area contributed by atoms with Crippen LogP contribution in [0.5, 0.6) is 0 Å². The summed E-state index contributed by atoms with van der Waals surface area (Å²) >= 11 is 0. The van der Waals surface area contributed by atoms with E-state index in [9.17, 15) is 4.79 Å².